The minimum atomic E-state index is -1.20. The number of carbonyl (C=O) groups excluding carboxylic acids is 3. The Morgan fingerprint density at radius 1 is 1.08 bits per heavy atom. The molecule has 0 radical (unpaired) electrons. The molecule has 0 saturated carbocycles. The summed E-state index contributed by atoms with van der Waals surface area (Å²) in [6.07, 6.45) is 0. The van der Waals surface area contributed by atoms with Gasteiger partial charge in [0, 0.05) is 12.2 Å². The molecule has 0 aliphatic rings. The summed E-state index contributed by atoms with van der Waals surface area (Å²) in [7, 11) is 1.58. The number of amides is 3. The number of primary amides is 1. The van der Waals surface area contributed by atoms with Crippen molar-refractivity contribution >= 4 is 40.6 Å². The normalized spacial score (nSPS) is 11.6. The van der Waals surface area contributed by atoms with Crippen LogP contribution in [-0.2, 0) is 11.3 Å². The maximum atomic E-state index is 14.1. The maximum absolute atomic E-state index is 14.1. The average molecular weight is 534 g/mol. The molecule has 0 saturated heterocycles. The number of furan rings is 1. The Kier molecular flexibility index (Phi) is 7.77. The smallest absolute Gasteiger partial charge is 0.273 e. The van der Waals surface area contributed by atoms with Crippen LogP contribution in [0.4, 0.5) is 11.4 Å². The molecule has 4 rings (SSSR count). The van der Waals surface area contributed by atoms with Crippen LogP contribution in [0.3, 0.4) is 0 Å². The zero-order valence-electron chi connectivity index (χ0n) is 21.1. The van der Waals surface area contributed by atoms with Gasteiger partial charge in [0.25, 0.3) is 17.7 Å². The number of hydrogen-bond acceptors (Lipinski definition) is 8. The first kappa shape index (κ1) is 26.4. The van der Waals surface area contributed by atoms with Crippen LogP contribution in [0.1, 0.15) is 48.8 Å². The highest BCUT2D eigenvalue weighted by Gasteiger charge is 2.38. The Morgan fingerprint density at radius 2 is 1.79 bits per heavy atom. The number of aromatic nitrogens is 1. The van der Waals surface area contributed by atoms with E-state index in [1.165, 1.54) is 4.90 Å². The highest BCUT2D eigenvalue weighted by molar-refractivity contribution is 7.09. The second kappa shape index (κ2) is 11.2. The van der Waals surface area contributed by atoms with E-state index in [0.717, 1.165) is 22.7 Å². The van der Waals surface area contributed by atoms with E-state index in [1.807, 2.05) is 31.2 Å². The number of nitrogens with two attached hydrogens (primary N) is 2. The molecule has 0 aliphatic carbocycles. The van der Waals surface area contributed by atoms with E-state index in [1.54, 1.807) is 50.4 Å². The van der Waals surface area contributed by atoms with Gasteiger partial charge in [-0.3, -0.25) is 19.3 Å². The largest absolute Gasteiger partial charge is 0.497 e. The summed E-state index contributed by atoms with van der Waals surface area (Å²) >= 11 is 0.743. The topological polar surface area (TPSA) is 154 Å². The quantitative estimate of drug-likeness (QED) is 0.296. The molecule has 0 unspecified atom stereocenters. The molecule has 4 aromatic rings. The van der Waals surface area contributed by atoms with Crippen LogP contribution < -0.4 is 26.4 Å². The van der Waals surface area contributed by atoms with Crippen molar-refractivity contribution in [1.82, 2.24) is 9.69 Å². The second-order valence-electron chi connectivity index (χ2n) is 8.52. The molecule has 10 nitrogen and oxygen atoms in total. The fraction of sp³-hybridized carbons (Fsp3) is 0.185. The maximum Gasteiger partial charge on any atom is 0.273 e. The molecule has 0 aliphatic heterocycles. The molecular weight excluding hydrogens is 506 g/mol. The van der Waals surface area contributed by atoms with Crippen molar-refractivity contribution in [2.45, 2.75) is 26.4 Å². The number of aryl methyl sites for hydroxylation is 2. The van der Waals surface area contributed by atoms with Crippen molar-refractivity contribution in [2.24, 2.45) is 5.73 Å². The van der Waals surface area contributed by atoms with Crippen molar-refractivity contribution in [3.8, 4) is 5.75 Å². The first-order chi connectivity index (χ1) is 18.2. The van der Waals surface area contributed by atoms with Crippen molar-refractivity contribution in [1.29, 1.82) is 0 Å². The number of para-hydroxylation sites is 1. The van der Waals surface area contributed by atoms with Gasteiger partial charge < -0.3 is 25.9 Å². The monoisotopic (exact) mass is 533 g/mol. The highest BCUT2D eigenvalue weighted by atomic mass is 32.1. The van der Waals surface area contributed by atoms with Gasteiger partial charge >= 0.3 is 0 Å². The first-order valence-corrected chi connectivity index (χ1v) is 12.4. The molecule has 2 heterocycles. The first-order valence-electron chi connectivity index (χ1n) is 11.6. The molecule has 38 heavy (non-hydrogen) atoms. The Morgan fingerprint density at radius 3 is 2.37 bits per heavy atom. The number of carbonyl (C=O) groups is 3. The summed E-state index contributed by atoms with van der Waals surface area (Å²) in [5.41, 5.74) is 13.2. The third-order valence-corrected chi connectivity index (χ3v) is 6.76. The van der Waals surface area contributed by atoms with Crippen molar-refractivity contribution < 1.29 is 23.5 Å². The van der Waals surface area contributed by atoms with Gasteiger partial charge in [0.05, 0.1) is 12.8 Å². The van der Waals surface area contributed by atoms with E-state index in [-0.39, 0.29) is 28.6 Å². The van der Waals surface area contributed by atoms with Gasteiger partial charge in [0.2, 0.25) is 0 Å². The molecular formula is C27H27N5O5S. The van der Waals surface area contributed by atoms with Crippen LogP contribution in [0.15, 0.2) is 65.1 Å². The van der Waals surface area contributed by atoms with Crippen LogP contribution in [0, 0.1) is 13.8 Å². The highest BCUT2D eigenvalue weighted by Crippen LogP contribution is 2.35. The molecule has 0 fully saturated rings. The third-order valence-electron chi connectivity index (χ3n) is 5.91. The Bertz CT molecular complexity index is 1480. The van der Waals surface area contributed by atoms with Crippen molar-refractivity contribution in [3.63, 3.8) is 0 Å². The van der Waals surface area contributed by atoms with Gasteiger partial charge in [-0.2, -0.15) is 4.37 Å². The molecule has 2 aromatic heterocycles. The Hall–Kier alpha value is -4.64. The predicted molar refractivity (Wildman–Crippen MR) is 144 cm³/mol. The number of nitrogens with one attached hydrogen (secondary N) is 1. The van der Waals surface area contributed by atoms with E-state index < -0.39 is 23.8 Å². The number of methoxy groups -OCH3 is 1. The van der Waals surface area contributed by atoms with Crippen molar-refractivity contribution in [2.75, 3.05) is 17.7 Å². The standard InChI is InChI=1S/C27H27N5O5S/c1-15-6-4-5-7-19(15)32(27(35)24-21(28)22(25(29)33)31-38-24)23(20-13-8-16(2)37-20)26(34)30-14-17-9-11-18(36-3)12-10-17/h4-13,23H,14,28H2,1-3H3,(H2,29,33)(H,30,34)/t23-/m1/s1. The van der Waals surface area contributed by atoms with Crippen LogP contribution in [0.5, 0.6) is 5.75 Å². The molecule has 0 bridgehead atoms. The number of rotatable bonds is 9. The summed E-state index contributed by atoms with van der Waals surface area (Å²) in [4.78, 5) is 40.9. The number of anilines is 2. The number of benzene rings is 2. The zero-order valence-corrected chi connectivity index (χ0v) is 21.9. The summed E-state index contributed by atoms with van der Waals surface area (Å²) in [6, 6.07) is 16.5. The second-order valence-corrected chi connectivity index (χ2v) is 9.29. The molecule has 11 heteroatoms. The van der Waals surface area contributed by atoms with Gasteiger partial charge in [0.1, 0.15) is 22.1 Å². The number of nitrogen functional groups attached to an aromatic ring is 1. The molecule has 3 amide bonds. The zero-order chi connectivity index (χ0) is 27.4. The summed E-state index contributed by atoms with van der Waals surface area (Å²) in [5, 5.41) is 2.91. The number of ether oxygens (including phenoxy) is 1. The Balaban J connectivity index is 1.78. The van der Waals surface area contributed by atoms with Crippen LogP contribution >= 0.6 is 11.5 Å². The lowest BCUT2D eigenvalue weighted by Gasteiger charge is -2.30. The van der Waals surface area contributed by atoms with E-state index in [0.29, 0.717) is 17.2 Å². The molecule has 1 atom stereocenters. The molecule has 196 valence electrons. The molecule has 2 aromatic carbocycles. The lowest BCUT2D eigenvalue weighted by Crippen LogP contribution is -2.44. The fourth-order valence-corrected chi connectivity index (χ4v) is 4.68. The summed E-state index contributed by atoms with van der Waals surface area (Å²) in [5.74, 6) is -0.443. The van der Waals surface area contributed by atoms with Gasteiger partial charge in [0.15, 0.2) is 11.7 Å². The number of nitrogens with zero attached hydrogens (tertiary/aromatic N) is 2. The van der Waals surface area contributed by atoms with Gasteiger partial charge in [-0.1, -0.05) is 30.3 Å². The average Bonchev–Trinajstić information content (AvgIpc) is 3.51. The van der Waals surface area contributed by atoms with E-state index in [4.69, 9.17) is 20.6 Å². The minimum absolute atomic E-state index is 0.0155. The van der Waals surface area contributed by atoms with Crippen LogP contribution in [0.2, 0.25) is 0 Å². The molecule has 0 spiro atoms. The summed E-state index contributed by atoms with van der Waals surface area (Å²) in [6.45, 7) is 3.76. The van der Waals surface area contributed by atoms with Crippen LogP contribution in [-0.4, -0.2) is 29.2 Å². The van der Waals surface area contributed by atoms with Crippen molar-refractivity contribution in [3.05, 3.63) is 93.9 Å². The third kappa shape index (κ3) is 5.37. The minimum Gasteiger partial charge on any atom is -0.497 e. The Labute approximate surface area is 223 Å². The van der Waals surface area contributed by atoms with Crippen LogP contribution in [0.25, 0.3) is 0 Å². The lowest BCUT2D eigenvalue weighted by molar-refractivity contribution is -0.123. The van der Waals surface area contributed by atoms with Gasteiger partial charge in [-0.25, -0.2) is 0 Å². The van der Waals surface area contributed by atoms with E-state index in [9.17, 15) is 14.4 Å². The fourth-order valence-electron chi connectivity index (χ4n) is 3.94. The predicted octanol–water partition coefficient (Wildman–Crippen LogP) is 3.75. The van der Waals surface area contributed by atoms with E-state index in [2.05, 4.69) is 9.69 Å². The summed E-state index contributed by atoms with van der Waals surface area (Å²) < 4.78 is 15.0. The SMILES string of the molecule is COc1ccc(CNC(=O)[C@@H](c2ccc(C)o2)N(C(=O)c2snc(C(N)=O)c2N)c2ccccc2C)cc1. The lowest BCUT2D eigenvalue weighted by atomic mass is 10.1. The number of hydrogen-bond donors (Lipinski definition) is 3. The molecule has 5 N–H and O–H groups in total. The van der Waals surface area contributed by atoms with E-state index >= 15 is 0 Å². The van der Waals surface area contributed by atoms with Gasteiger partial charge in [-0.15, -0.1) is 0 Å². The van der Waals surface area contributed by atoms with Gasteiger partial charge in [-0.05, 0) is 66.8 Å².